The molecule has 3 nitrogen and oxygen atoms in total. The van der Waals surface area contributed by atoms with Gasteiger partial charge in [0, 0.05) is 12.5 Å². The normalized spacial score (nSPS) is 14.9. The number of nitrogens with one attached hydrogen (secondary N) is 1. The molecule has 0 atom stereocenters. The number of halogens is 2. The van der Waals surface area contributed by atoms with Crippen molar-refractivity contribution in [1.29, 1.82) is 0 Å². The van der Waals surface area contributed by atoms with E-state index in [0.29, 0.717) is 12.2 Å². The molecule has 1 N–H and O–H groups in total. The van der Waals surface area contributed by atoms with E-state index >= 15 is 0 Å². The summed E-state index contributed by atoms with van der Waals surface area (Å²) in [4.78, 5) is 7.99. The predicted molar refractivity (Wildman–Crippen MR) is 72.3 cm³/mol. The average molecular weight is 275 g/mol. The van der Waals surface area contributed by atoms with Gasteiger partial charge in [-0.1, -0.05) is 18.6 Å². The van der Waals surface area contributed by atoms with Gasteiger partial charge in [0.2, 0.25) is 0 Å². The van der Waals surface area contributed by atoms with E-state index in [1.165, 1.54) is 18.5 Å². The zero-order chi connectivity index (χ0) is 13.9. The minimum Gasteiger partial charge on any atom is -0.363 e. The van der Waals surface area contributed by atoms with Gasteiger partial charge in [0.05, 0.1) is 5.69 Å². The van der Waals surface area contributed by atoms with Gasteiger partial charge in [-0.25, -0.2) is 18.7 Å². The third-order valence-electron chi connectivity index (χ3n) is 3.68. The smallest absolute Gasteiger partial charge is 0.187 e. The van der Waals surface area contributed by atoms with E-state index in [1.54, 1.807) is 12.1 Å². The Morgan fingerprint density at radius 3 is 2.50 bits per heavy atom. The van der Waals surface area contributed by atoms with E-state index in [1.807, 2.05) is 0 Å². The third kappa shape index (κ3) is 2.61. The summed E-state index contributed by atoms with van der Waals surface area (Å²) < 4.78 is 27.1. The Hall–Kier alpha value is -2.04. The lowest BCUT2D eigenvalue weighted by molar-refractivity contribution is 0.393. The number of aromatic nitrogens is 2. The minimum absolute atomic E-state index is 0.214. The lowest BCUT2D eigenvalue weighted by Crippen LogP contribution is -2.15. The Balaban J connectivity index is 1.72. The van der Waals surface area contributed by atoms with Crippen molar-refractivity contribution in [3.8, 4) is 0 Å². The maximum atomic E-state index is 14.3. The van der Waals surface area contributed by atoms with Crippen LogP contribution in [0.3, 0.4) is 0 Å². The van der Waals surface area contributed by atoms with Gasteiger partial charge in [0.1, 0.15) is 12.1 Å². The Morgan fingerprint density at radius 2 is 1.85 bits per heavy atom. The van der Waals surface area contributed by atoms with Crippen LogP contribution in [0.4, 0.5) is 14.6 Å². The molecule has 0 unspecified atom stereocenters. The van der Waals surface area contributed by atoms with Crippen molar-refractivity contribution in [2.24, 2.45) is 0 Å². The number of hydrogen-bond donors (Lipinski definition) is 1. The zero-order valence-corrected chi connectivity index (χ0v) is 10.9. The van der Waals surface area contributed by atoms with Crippen LogP contribution >= 0.6 is 0 Å². The summed E-state index contributed by atoms with van der Waals surface area (Å²) in [5, 5.41) is 2.94. The summed E-state index contributed by atoms with van der Waals surface area (Å²) in [7, 11) is 0. The average Bonchev–Trinajstić information content (AvgIpc) is 2.39. The van der Waals surface area contributed by atoms with Crippen molar-refractivity contribution in [2.75, 3.05) is 5.32 Å². The lowest BCUT2D eigenvalue weighted by atomic mass is 9.82. The van der Waals surface area contributed by atoms with Gasteiger partial charge in [-0.15, -0.1) is 0 Å². The molecule has 1 saturated carbocycles. The Bertz CT molecular complexity index is 595. The molecule has 20 heavy (non-hydrogen) atoms. The first kappa shape index (κ1) is 13.0. The van der Waals surface area contributed by atoms with Crippen LogP contribution in [-0.2, 0) is 6.54 Å². The molecule has 0 radical (unpaired) electrons. The molecule has 2 aromatic rings. The summed E-state index contributed by atoms with van der Waals surface area (Å²) in [6.45, 7) is 0.401. The molecule has 0 saturated heterocycles. The molecule has 1 heterocycles. The largest absolute Gasteiger partial charge is 0.363 e. The number of anilines is 1. The Kier molecular flexibility index (Phi) is 3.58. The molecule has 5 heteroatoms. The van der Waals surface area contributed by atoms with Crippen LogP contribution in [0, 0.1) is 11.6 Å². The van der Waals surface area contributed by atoms with E-state index in [0.717, 1.165) is 24.8 Å². The van der Waals surface area contributed by atoms with Crippen LogP contribution < -0.4 is 5.32 Å². The molecule has 0 aliphatic heterocycles. The van der Waals surface area contributed by atoms with Crippen molar-refractivity contribution in [3.63, 3.8) is 0 Å². The highest BCUT2D eigenvalue weighted by atomic mass is 19.1. The molecular formula is C15H15F2N3. The summed E-state index contributed by atoms with van der Waals surface area (Å²) in [6, 6.07) is 6.09. The third-order valence-corrected chi connectivity index (χ3v) is 3.68. The number of nitrogens with zero attached hydrogens (tertiary/aromatic N) is 2. The molecule has 3 rings (SSSR count). The minimum atomic E-state index is -0.362. The molecule has 1 aromatic carbocycles. The van der Waals surface area contributed by atoms with E-state index in [9.17, 15) is 8.78 Å². The fraction of sp³-hybridized carbons (Fsp3) is 0.333. The van der Waals surface area contributed by atoms with Gasteiger partial charge in [-0.3, -0.25) is 0 Å². The summed E-state index contributed by atoms with van der Waals surface area (Å²) >= 11 is 0. The van der Waals surface area contributed by atoms with Crippen LogP contribution in [0.2, 0.25) is 0 Å². The quantitative estimate of drug-likeness (QED) is 0.925. The van der Waals surface area contributed by atoms with E-state index in [4.69, 9.17) is 0 Å². The topological polar surface area (TPSA) is 37.8 Å². The standard InChI is InChI=1S/C15H15F2N3/c16-12-6-4-10(5-7-12)8-18-15-13(17)14(19-9-20-15)11-2-1-3-11/h4-7,9,11H,1-3,8H2,(H,18,19,20). The molecule has 1 aliphatic carbocycles. The molecule has 0 bridgehead atoms. The highest BCUT2D eigenvalue weighted by Gasteiger charge is 2.25. The monoisotopic (exact) mass is 275 g/mol. The lowest BCUT2D eigenvalue weighted by Gasteiger charge is -2.25. The van der Waals surface area contributed by atoms with Crippen LogP contribution in [0.1, 0.15) is 36.4 Å². The van der Waals surface area contributed by atoms with Gasteiger partial charge in [0.15, 0.2) is 11.6 Å². The zero-order valence-electron chi connectivity index (χ0n) is 10.9. The SMILES string of the molecule is Fc1ccc(CNc2ncnc(C3CCC3)c2F)cc1. The van der Waals surface area contributed by atoms with Crippen molar-refractivity contribution < 1.29 is 8.78 Å². The number of rotatable bonds is 4. The molecule has 0 amide bonds. The van der Waals surface area contributed by atoms with Gasteiger partial charge < -0.3 is 5.32 Å². The first-order valence-corrected chi connectivity index (χ1v) is 6.73. The number of hydrogen-bond acceptors (Lipinski definition) is 3. The van der Waals surface area contributed by atoms with Gasteiger partial charge >= 0.3 is 0 Å². The van der Waals surface area contributed by atoms with E-state index < -0.39 is 0 Å². The highest BCUT2D eigenvalue weighted by molar-refractivity contribution is 5.39. The van der Waals surface area contributed by atoms with Crippen molar-refractivity contribution in [1.82, 2.24) is 9.97 Å². The molecular weight excluding hydrogens is 260 g/mol. The second-order valence-corrected chi connectivity index (χ2v) is 5.03. The summed E-state index contributed by atoms with van der Waals surface area (Å²) in [5.74, 6) is -0.204. The molecule has 1 fully saturated rings. The highest BCUT2D eigenvalue weighted by Crippen LogP contribution is 2.37. The maximum absolute atomic E-state index is 14.3. The van der Waals surface area contributed by atoms with Gasteiger partial charge in [0.25, 0.3) is 0 Å². The first-order chi connectivity index (χ1) is 9.74. The van der Waals surface area contributed by atoms with Crippen molar-refractivity contribution in [2.45, 2.75) is 31.7 Å². The second kappa shape index (κ2) is 5.53. The van der Waals surface area contributed by atoms with Crippen molar-refractivity contribution in [3.05, 3.63) is 53.5 Å². The second-order valence-electron chi connectivity index (χ2n) is 5.03. The summed E-state index contributed by atoms with van der Waals surface area (Å²) in [5.41, 5.74) is 1.38. The summed E-state index contributed by atoms with van der Waals surface area (Å²) in [6.07, 6.45) is 4.51. The van der Waals surface area contributed by atoms with Crippen LogP contribution in [0.25, 0.3) is 0 Å². The molecule has 1 aromatic heterocycles. The fourth-order valence-electron chi connectivity index (χ4n) is 2.26. The van der Waals surface area contributed by atoms with E-state index in [-0.39, 0.29) is 23.4 Å². The first-order valence-electron chi connectivity index (χ1n) is 6.73. The van der Waals surface area contributed by atoms with Crippen LogP contribution in [0.5, 0.6) is 0 Å². The van der Waals surface area contributed by atoms with Crippen molar-refractivity contribution >= 4 is 5.82 Å². The van der Waals surface area contributed by atoms with Crippen LogP contribution in [-0.4, -0.2) is 9.97 Å². The van der Waals surface area contributed by atoms with E-state index in [2.05, 4.69) is 15.3 Å². The Labute approximate surface area is 116 Å². The van der Waals surface area contributed by atoms with Crippen LogP contribution in [0.15, 0.2) is 30.6 Å². The maximum Gasteiger partial charge on any atom is 0.187 e. The Morgan fingerprint density at radius 1 is 1.10 bits per heavy atom. The fourth-order valence-corrected chi connectivity index (χ4v) is 2.26. The predicted octanol–water partition coefficient (Wildman–Crippen LogP) is 3.63. The molecule has 104 valence electrons. The molecule has 0 spiro atoms. The number of benzene rings is 1. The van der Waals surface area contributed by atoms with Gasteiger partial charge in [-0.05, 0) is 30.5 Å². The van der Waals surface area contributed by atoms with Gasteiger partial charge in [-0.2, -0.15) is 0 Å². The molecule has 1 aliphatic rings.